The first kappa shape index (κ1) is 12.3. The van der Waals surface area contributed by atoms with Crippen LogP contribution in [0.25, 0.3) is 6.08 Å². The van der Waals surface area contributed by atoms with Gasteiger partial charge in [-0.1, -0.05) is 11.6 Å². The molecule has 2 aromatic rings. The smallest absolute Gasteiger partial charge is 0.231 e. The first-order chi connectivity index (χ1) is 9.22. The lowest BCUT2D eigenvalue weighted by molar-refractivity contribution is 0.104. The van der Waals surface area contributed by atoms with E-state index in [-0.39, 0.29) is 12.6 Å². The molecule has 0 saturated carbocycles. The average molecular weight is 293 g/mol. The van der Waals surface area contributed by atoms with Gasteiger partial charge in [0.1, 0.15) is 0 Å². The van der Waals surface area contributed by atoms with Crippen LogP contribution in [-0.2, 0) is 0 Å². The van der Waals surface area contributed by atoms with E-state index in [4.69, 9.17) is 21.1 Å². The minimum atomic E-state index is -0.0807. The fourth-order valence-corrected chi connectivity index (χ4v) is 2.69. The molecule has 1 aliphatic rings. The fraction of sp³-hybridized carbons (Fsp3) is 0.0714. The molecule has 0 saturated heterocycles. The van der Waals surface area contributed by atoms with Crippen molar-refractivity contribution >= 4 is 34.8 Å². The molecule has 0 atom stereocenters. The highest BCUT2D eigenvalue weighted by atomic mass is 35.5. The van der Waals surface area contributed by atoms with Crippen LogP contribution in [0.1, 0.15) is 15.2 Å². The number of halogens is 1. The molecule has 0 aliphatic carbocycles. The first-order valence-corrected chi connectivity index (χ1v) is 6.79. The molecular weight excluding hydrogens is 284 g/mol. The highest BCUT2D eigenvalue weighted by molar-refractivity contribution is 7.17. The lowest BCUT2D eigenvalue weighted by Gasteiger charge is -1.98. The maximum Gasteiger partial charge on any atom is 0.231 e. The van der Waals surface area contributed by atoms with Crippen LogP contribution in [0.4, 0.5) is 0 Å². The van der Waals surface area contributed by atoms with E-state index in [1.54, 1.807) is 30.3 Å². The van der Waals surface area contributed by atoms with Crippen LogP contribution >= 0.6 is 22.9 Å². The quantitative estimate of drug-likeness (QED) is 0.633. The third-order valence-corrected chi connectivity index (χ3v) is 3.85. The highest BCUT2D eigenvalue weighted by Crippen LogP contribution is 2.32. The Morgan fingerprint density at radius 2 is 2.05 bits per heavy atom. The van der Waals surface area contributed by atoms with Crippen LogP contribution in [0.3, 0.4) is 0 Å². The number of hydrogen-bond donors (Lipinski definition) is 0. The topological polar surface area (TPSA) is 35.5 Å². The number of carbonyl (C=O) groups is 1. The summed E-state index contributed by atoms with van der Waals surface area (Å²) in [5.74, 6) is 1.20. The Morgan fingerprint density at radius 3 is 2.84 bits per heavy atom. The molecule has 0 spiro atoms. The summed E-state index contributed by atoms with van der Waals surface area (Å²) in [6.07, 6.45) is 3.28. The second kappa shape index (κ2) is 5.07. The van der Waals surface area contributed by atoms with Gasteiger partial charge in [0.2, 0.25) is 6.79 Å². The van der Waals surface area contributed by atoms with Gasteiger partial charge in [-0.3, -0.25) is 4.79 Å². The average Bonchev–Trinajstić information content (AvgIpc) is 3.03. The van der Waals surface area contributed by atoms with E-state index in [1.165, 1.54) is 17.4 Å². The van der Waals surface area contributed by atoms with E-state index in [1.807, 2.05) is 6.07 Å². The van der Waals surface area contributed by atoms with Crippen LogP contribution in [-0.4, -0.2) is 12.6 Å². The van der Waals surface area contributed by atoms with E-state index in [2.05, 4.69) is 0 Å². The Kier molecular flexibility index (Phi) is 3.27. The molecule has 0 radical (unpaired) electrons. The second-order valence-corrected chi connectivity index (χ2v) is 5.65. The molecule has 0 N–H and O–H groups in total. The van der Waals surface area contributed by atoms with Crippen molar-refractivity contribution in [1.82, 2.24) is 0 Å². The standard InChI is InChI=1S/C14H9ClO3S/c15-14-6-3-10(19-14)2-4-11(16)9-1-5-12-13(7-9)18-8-17-12/h1-7H,8H2. The summed E-state index contributed by atoms with van der Waals surface area (Å²) in [7, 11) is 0. The molecule has 5 heteroatoms. The van der Waals surface area contributed by atoms with Crippen molar-refractivity contribution in [3.8, 4) is 11.5 Å². The van der Waals surface area contributed by atoms with Gasteiger partial charge in [-0.2, -0.15) is 0 Å². The van der Waals surface area contributed by atoms with Crippen LogP contribution in [0.2, 0.25) is 4.34 Å². The van der Waals surface area contributed by atoms with Crippen LogP contribution in [0.15, 0.2) is 36.4 Å². The van der Waals surface area contributed by atoms with E-state index in [0.29, 0.717) is 21.4 Å². The number of carbonyl (C=O) groups excluding carboxylic acids is 1. The van der Waals surface area contributed by atoms with Crippen molar-refractivity contribution < 1.29 is 14.3 Å². The Morgan fingerprint density at radius 1 is 1.21 bits per heavy atom. The predicted molar refractivity (Wildman–Crippen MR) is 75.3 cm³/mol. The maximum absolute atomic E-state index is 12.0. The second-order valence-electron chi connectivity index (χ2n) is 3.91. The van der Waals surface area contributed by atoms with Gasteiger partial charge in [-0.15, -0.1) is 11.3 Å². The number of fused-ring (bicyclic) bond motifs is 1. The Bertz CT molecular complexity index is 660. The van der Waals surface area contributed by atoms with E-state index >= 15 is 0 Å². The molecule has 2 heterocycles. The Labute approximate surface area is 119 Å². The predicted octanol–water partition coefficient (Wildman–Crippen LogP) is 4.03. The summed E-state index contributed by atoms with van der Waals surface area (Å²) in [5, 5.41) is 0. The fourth-order valence-electron chi connectivity index (χ4n) is 1.72. The number of ketones is 1. The van der Waals surface area contributed by atoms with Gasteiger partial charge in [-0.25, -0.2) is 0 Å². The summed E-state index contributed by atoms with van der Waals surface area (Å²) >= 11 is 7.25. The van der Waals surface area contributed by atoms with Gasteiger partial charge >= 0.3 is 0 Å². The Hall–Kier alpha value is -1.78. The molecule has 3 rings (SSSR count). The lowest BCUT2D eigenvalue weighted by Crippen LogP contribution is -1.94. The van der Waals surface area contributed by atoms with E-state index in [0.717, 1.165) is 4.88 Å². The van der Waals surface area contributed by atoms with Gasteiger partial charge in [-0.05, 0) is 42.5 Å². The summed E-state index contributed by atoms with van der Waals surface area (Å²) < 4.78 is 11.1. The molecule has 1 aliphatic heterocycles. The Balaban J connectivity index is 1.79. The molecule has 1 aromatic carbocycles. The third kappa shape index (κ3) is 2.64. The molecular formula is C14H9ClO3S. The minimum absolute atomic E-state index is 0.0807. The van der Waals surface area contributed by atoms with Crippen molar-refractivity contribution in [3.63, 3.8) is 0 Å². The zero-order valence-electron chi connectivity index (χ0n) is 9.76. The number of thiophene rings is 1. The van der Waals surface area contributed by atoms with Gasteiger partial charge in [0, 0.05) is 10.4 Å². The number of hydrogen-bond acceptors (Lipinski definition) is 4. The lowest BCUT2D eigenvalue weighted by atomic mass is 10.1. The molecule has 3 nitrogen and oxygen atoms in total. The van der Waals surface area contributed by atoms with Gasteiger partial charge < -0.3 is 9.47 Å². The zero-order chi connectivity index (χ0) is 13.2. The van der Waals surface area contributed by atoms with Gasteiger partial charge in [0.25, 0.3) is 0 Å². The summed E-state index contributed by atoms with van der Waals surface area (Å²) in [6, 6.07) is 8.83. The van der Waals surface area contributed by atoms with Crippen molar-refractivity contribution in [1.29, 1.82) is 0 Å². The van der Waals surface area contributed by atoms with Crippen molar-refractivity contribution in [3.05, 3.63) is 51.2 Å². The number of allylic oxidation sites excluding steroid dienone is 1. The van der Waals surface area contributed by atoms with E-state index in [9.17, 15) is 4.79 Å². The SMILES string of the molecule is O=C(C=Cc1ccc(Cl)s1)c1ccc2c(c1)OCO2. The molecule has 1 aromatic heterocycles. The van der Waals surface area contributed by atoms with Crippen molar-refractivity contribution in [2.24, 2.45) is 0 Å². The molecule has 0 unspecified atom stereocenters. The molecule has 19 heavy (non-hydrogen) atoms. The highest BCUT2D eigenvalue weighted by Gasteiger charge is 2.15. The molecule has 0 amide bonds. The summed E-state index contributed by atoms with van der Waals surface area (Å²) in [6.45, 7) is 0.205. The van der Waals surface area contributed by atoms with E-state index < -0.39 is 0 Å². The third-order valence-electron chi connectivity index (χ3n) is 2.65. The molecule has 0 fully saturated rings. The number of rotatable bonds is 3. The monoisotopic (exact) mass is 292 g/mol. The largest absolute Gasteiger partial charge is 0.454 e. The summed E-state index contributed by atoms with van der Waals surface area (Å²) in [4.78, 5) is 13.0. The summed E-state index contributed by atoms with van der Waals surface area (Å²) in [5.41, 5.74) is 0.572. The van der Waals surface area contributed by atoms with Gasteiger partial charge in [0.15, 0.2) is 17.3 Å². The van der Waals surface area contributed by atoms with Crippen LogP contribution in [0.5, 0.6) is 11.5 Å². The van der Waals surface area contributed by atoms with Crippen LogP contribution < -0.4 is 9.47 Å². The number of benzene rings is 1. The number of ether oxygens (including phenoxy) is 2. The minimum Gasteiger partial charge on any atom is -0.454 e. The van der Waals surface area contributed by atoms with Crippen molar-refractivity contribution in [2.75, 3.05) is 6.79 Å². The van der Waals surface area contributed by atoms with Crippen LogP contribution in [0, 0.1) is 0 Å². The molecule has 0 bridgehead atoms. The zero-order valence-corrected chi connectivity index (χ0v) is 11.3. The van der Waals surface area contributed by atoms with Crippen molar-refractivity contribution in [2.45, 2.75) is 0 Å². The maximum atomic E-state index is 12.0. The molecule has 96 valence electrons. The normalized spacial score (nSPS) is 13.1. The first-order valence-electron chi connectivity index (χ1n) is 5.60. The van der Waals surface area contributed by atoms with Gasteiger partial charge in [0.05, 0.1) is 4.34 Å².